The summed E-state index contributed by atoms with van der Waals surface area (Å²) in [6, 6.07) is 18.0. The molecule has 2 N–H and O–H groups in total. The summed E-state index contributed by atoms with van der Waals surface area (Å²) in [6.45, 7) is 1.95. The Bertz CT molecular complexity index is 972. The molecular weight excluding hydrogens is 362 g/mol. The summed E-state index contributed by atoms with van der Waals surface area (Å²) in [5.74, 6) is 0.574. The van der Waals surface area contributed by atoms with E-state index >= 15 is 0 Å². The van der Waals surface area contributed by atoms with Crippen molar-refractivity contribution in [1.29, 1.82) is 0 Å². The summed E-state index contributed by atoms with van der Waals surface area (Å²) in [6.07, 6.45) is 4.79. The monoisotopic (exact) mass is 389 g/mol. The molecular formula is C24H27N3O2. The van der Waals surface area contributed by atoms with Gasteiger partial charge in [-0.2, -0.15) is 0 Å². The minimum atomic E-state index is -0.0398. The van der Waals surface area contributed by atoms with E-state index in [1.54, 1.807) is 0 Å². The standard InChI is InChI=1S/C24H27N3O2/c28-23(16-18-6-2-1-3-7-18)25-13-10-24(29)27-14-11-19(12-15-27)21-17-26-22-9-5-4-8-20(21)22/h1-9,17,19,26H,10-16H2,(H,25,28). The molecule has 0 atom stereocenters. The van der Waals surface area contributed by atoms with Gasteiger partial charge in [0.15, 0.2) is 0 Å². The predicted molar refractivity (Wildman–Crippen MR) is 115 cm³/mol. The maximum absolute atomic E-state index is 12.5. The Morgan fingerprint density at radius 1 is 1.00 bits per heavy atom. The number of benzene rings is 2. The van der Waals surface area contributed by atoms with Gasteiger partial charge in [-0.1, -0.05) is 48.5 Å². The second-order valence-electron chi connectivity index (χ2n) is 7.71. The molecule has 1 aromatic heterocycles. The number of nitrogens with one attached hydrogen (secondary N) is 2. The van der Waals surface area contributed by atoms with Crippen LogP contribution >= 0.6 is 0 Å². The molecule has 0 saturated carbocycles. The van der Waals surface area contributed by atoms with E-state index in [2.05, 4.69) is 34.7 Å². The van der Waals surface area contributed by atoms with Crippen LogP contribution in [0, 0.1) is 0 Å². The zero-order valence-electron chi connectivity index (χ0n) is 16.6. The third-order valence-corrected chi connectivity index (χ3v) is 5.78. The highest BCUT2D eigenvalue weighted by Crippen LogP contribution is 2.33. The number of likely N-dealkylation sites (tertiary alicyclic amines) is 1. The molecule has 0 aliphatic carbocycles. The molecule has 1 fully saturated rings. The van der Waals surface area contributed by atoms with Crippen molar-refractivity contribution < 1.29 is 9.59 Å². The summed E-state index contributed by atoms with van der Waals surface area (Å²) in [4.78, 5) is 29.8. The van der Waals surface area contributed by atoms with Gasteiger partial charge in [0.1, 0.15) is 0 Å². The second kappa shape index (κ2) is 8.95. The van der Waals surface area contributed by atoms with Crippen molar-refractivity contribution in [3.05, 3.63) is 71.9 Å². The van der Waals surface area contributed by atoms with Crippen LogP contribution in [0.25, 0.3) is 10.9 Å². The summed E-state index contributed by atoms with van der Waals surface area (Å²) in [5.41, 5.74) is 3.52. The van der Waals surface area contributed by atoms with Gasteiger partial charge >= 0.3 is 0 Å². The van der Waals surface area contributed by atoms with E-state index in [1.807, 2.05) is 41.3 Å². The Morgan fingerprint density at radius 2 is 1.72 bits per heavy atom. The Morgan fingerprint density at radius 3 is 2.52 bits per heavy atom. The molecule has 3 aromatic rings. The van der Waals surface area contributed by atoms with E-state index in [1.165, 1.54) is 16.5 Å². The van der Waals surface area contributed by atoms with Crippen molar-refractivity contribution in [2.45, 2.75) is 31.6 Å². The van der Waals surface area contributed by atoms with Crippen LogP contribution in [-0.2, 0) is 16.0 Å². The number of para-hydroxylation sites is 1. The molecule has 5 heteroatoms. The first-order valence-corrected chi connectivity index (χ1v) is 10.3. The molecule has 0 unspecified atom stereocenters. The molecule has 0 spiro atoms. The van der Waals surface area contributed by atoms with Crippen LogP contribution in [0.1, 0.15) is 36.3 Å². The number of fused-ring (bicyclic) bond motifs is 1. The van der Waals surface area contributed by atoms with Gasteiger partial charge in [0.05, 0.1) is 6.42 Å². The smallest absolute Gasteiger partial charge is 0.224 e. The minimum absolute atomic E-state index is 0.0398. The first kappa shape index (κ1) is 19.2. The van der Waals surface area contributed by atoms with Crippen molar-refractivity contribution in [2.75, 3.05) is 19.6 Å². The van der Waals surface area contributed by atoms with Gasteiger partial charge in [0, 0.05) is 43.2 Å². The van der Waals surface area contributed by atoms with E-state index in [0.29, 0.717) is 25.3 Å². The molecule has 2 amide bonds. The predicted octanol–water partition coefficient (Wildman–Crippen LogP) is 3.62. The number of hydrogen-bond donors (Lipinski definition) is 2. The average molecular weight is 389 g/mol. The van der Waals surface area contributed by atoms with E-state index in [-0.39, 0.29) is 11.8 Å². The molecule has 1 saturated heterocycles. The van der Waals surface area contributed by atoms with Gasteiger partial charge in [0.2, 0.25) is 11.8 Å². The molecule has 0 bridgehead atoms. The highest BCUT2D eigenvalue weighted by molar-refractivity contribution is 5.84. The van der Waals surface area contributed by atoms with Crippen molar-refractivity contribution in [3.8, 4) is 0 Å². The lowest BCUT2D eigenvalue weighted by Gasteiger charge is -2.32. The maximum atomic E-state index is 12.5. The second-order valence-corrected chi connectivity index (χ2v) is 7.71. The van der Waals surface area contributed by atoms with E-state index in [0.717, 1.165) is 31.5 Å². The normalized spacial score (nSPS) is 14.8. The number of aromatic amines is 1. The molecule has 4 rings (SSSR count). The van der Waals surface area contributed by atoms with Crippen LogP contribution in [-0.4, -0.2) is 41.3 Å². The fourth-order valence-electron chi connectivity index (χ4n) is 4.18. The number of carbonyl (C=O) groups excluding carboxylic acids is 2. The van der Waals surface area contributed by atoms with Crippen LogP contribution in [0.4, 0.5) is 0 Å². The van der Waals surface area contributed by atoms with E-state index in [4.69, 9.17) is 0 Å². The lowest BCUT2D eigenvalue weighted by atomic mass is 9.89. The lowest BCUT2D eigenvalue weighted by molar-refractivity contribution is -0.132. The molecule has 5 nitrogen and oxygen atoms in total. The van der Waals surface area contributed by atoms with E-state index in [9.17, 15) is 9.59 Å². The maximum Gasteiger partial charge on any atom is 0.224 e. The third-order valence-electron chi connectivity index (χ3n) is 5.78. The Hall–Kier alpha value is -3.08. The van der Waals surface area contributed by atoms with Crippen LogP contribution in [0.5, 0.6) is 0 Å². The van der Waals surface area contributed by atoms with Crippen LogP contribution < -0.4 is 5.32 Å². The van der Waals surface area contributed by atoms with Crippen LogP contribution in [0.3, 0.4) is 0 Å². The van der Waals surface area contributed by atoms with Crippen molar-refractivity contribution in [1.82, 2.24) is 15.2 Å². The number of amides is 2. The van der Waals surface area contributed by atoms with Crippen molar-refractivity contribution in [3.63, 3.8) is 0 Å². The molecule has 1 aliphatic rings. The van der Waals surface area contributed by atoms with Gasteiger partial charge < -0.3 is 15.2 Å². The Kier molecular flexibility index (Phi) is 5.94. The minimum Gasteiger partial charge on any atom is -0.361 e. The van der Waals surface area contributed by atoms with E-state index < -0.39 is 0 Å². The number of piperidine rings is 1. The molecule has 0 radical (unpaired) electrons. The van der Waals surface area contributed by atoms with Crippen molar-refractivity contribution >= 4 is 22.7 Å². The van der Waals surface area contributed by atoms with Crippen LogP contribution in [0.15, 0.2) is 60.8 Å². The molecule has 1 aliphatic heterocycles. The molecule has 29 heavy (non-hydrogen) atoms. The number of nitrogens with zero attached hydrogens (tertiary/aromatic N) is 1. The lowest BCUT2D eigenvalue weighted by Crippen LogP contribution is -2.39. The first-order chi connectivity index (χ1) is 14.2. The fraction of sp³-hybridized carbons (Fsp3) is 0.333. The number of aromatic nitrogens is 1. The average Bonchev–Trinajstić information content (AvgIpc) is 3.19. The third kappa shape index (κ3) is 4.67. The summed E-state index contributed by atoms with van der Waals surface area (Å²) in [7, 11) is 0. The highest BCUT2D eigenvalue weighted by Gasteiger charge is 2.25. The topological polar surface area (TPSA) is 65.2 Å². The number of hydrogen-bond acceptors (Lipinski definition) is 2. The summed E-state index contributed by atoms with van der Waals surface area (Å²) < 4.78 is 0. The number of carbonyl (C=O) groups is 2. The van der Waals surface area contributed by atoms with Gasteiger partial charge in [-0.25, -0.2) is 0 Å². The number of H-pyrrole nitrogens is 1. The largest absolute Gasteiger partial charge is 0.361 e. The molecule has 150 valence electrons. The summed E-state index contributed by atoms with van der Waals surface area (Å²) in [5, 5.41) is 4.15. The quantitative estimate of drug-likeness (QED) is 0.676. The van der Waals surface area contributed by atoms with Gasteiger partial charge in [-0.15, -0.1) is 0 Å². The van der Waals surface area contributed by atoms with Gasteiger partial charge in [0.25, 0.3) is 0 Å². The number of rotatable bonds is 6. The Labute approximate surface area is 171 Å². The van der Waals surface area contributed by atoms with Gasteiger partial charge in [-0.3, -0.25) is 9.59 Å². The van der Waals surface area contributed by atoms with Crippen LogP contribution in [0.2, 0.25) is 0 Å². The molecule has 2 aromatic carbocycles. The van der Waals surface area contributed by atoms with Crippen molar-refractivity contribution in [2.24, 2.45) is 0 Å². The first-order valence-electron chi connectivity index (χ1n) is 10.3. The zero-order chi connectivity index (χ0) is 20.1. The summed E-state index contributed by atoms with van der Waals surface area (Å²) >= 11 is 0. The fourth-order valence-corrected chi connectivity index (χ4v) is 4.18. The SMILES string of the molecule is O=C(Cc1ccccc1)NCCC(=O)N1CCC(c2c[nH]c3ccccc23)CC1. The molecule has 2 heterocycles. The zero-order valence-corrected chi connectivity index (χ0v) is 16.6. The Balaban J connectivity index is 1.21. The van der Waals surface area contributed by atoms with Gasteiger partial charge in [-0.05, 0) is 36.0 Å². The highest BCUT2D eigenvalue weighted by atomic mass is 16.2.